The Morgan fingerprint density at radius 3 is 0.619 bits per heavy atom. The third-order valence-electron chi connectivity index (χ3n) is 24.2. The molecular formula is C107H99N15O20S5. The summed E-state index contributed by atoms with van der Waals surface area (Å²) in [7, 11) is -11.9. The van der Waals surface area contributed by atoms with Crippen LogP contribution in [0.15, 0.2) is 177 Å². The summed E-state index contributed by atoms with van der Waals surface area (Å²) in [5, 5.41) is 95.7. The molecule has 0 saturated carbocycles. The standard InChI is InChI=1S/2C22H21N3O4S.3C21H19N3O4S/c2*1-4-5-19(26)18-9-8-17-21(30(28,29)24-18)13-25(3)22(17)20(27)11-15-7-6-14(2)16(10-15)12-23;3*1-4-18(25)17-8-7-16-20(29(27,28)23-17)12-24(3)21(16)19(26)10-14-6-5-13(2)15(9-14)11-22/h2*6-10,13,18-19,24,26H,11H2,1-3H3;3*1,5-9,12,17-18,23,25H,10H2,2-3H3/t2*18-,19?;2*17-,18?;/m1010./s1. The molecule has 0 aliphatic carbocycles. The Bertz CT molecular complexity index is 7740. The number of benzene rings is 5. The van der Waals surface area contributed by atoms with Crippen LogP contribution >= 0.6 is 0 Å². The number of carbonyl (C=O) groups is 5. The fourth-order valence-electron chi connectivity index (χ4n) is 16.6. The molecule has 5 aromatic carbocycles. The lowest BCUT2D eigenvalue weighted by Crippen LogP contribution is -2.40. The average molecular weight is 2080 g/mol. The van der Waals surface area contributed by atoms with Crippen molar-refractivity contribution in [3.8, 4) is 91.1 Å². The van der Waals surface area contributed by atoms with Gasteiger partial charge in [-0.2, -0.15) is 26.3 Å². The van der Waals surface area contributed by atoms with Crippen molar-refractivity contribution in [2.75, 3.05) is 0 Å². The SMILES string of the molecule is C#CC(O)C1C=Cc2c(cn(C)c2C(=O)Cc2ccc(C)c(C#N)c2)S(=O)(=O)N1.C#CC(O)[C@@H]1C=Cc2c(cn(C)c2C(=O)Cc2ccc(C)c(C#N)c2)S(=O)(=O)N1.C#CC(O)[C@H]1C=Cc2c(cn(C)c2C(=O)Cc2ccc(C)c(C#N)c2)S(=O)(=O)N1.CC#CC(O)[C@@H]1C=Cc2c(cn(C)c2C(=O)Cc2ccc(C)c(C#N)c2)S(=O)(=O)N1.CC#CC(O)[C@H]1C=Cc2c(cn(C)c2C(=O)Cc2ccc(C)c(C#N)c2)S(=O)(=O)N1. The number of Topliss-reactive ketones (excluding diaryl/α,β-unsaturated/α-hetero) is 5. The molecule has 5 aliphatic rings. The summed E-state index contributed by atoms with van der Waals surface area (Å²) in [5.41, 5.74) is 12.2. The summed E-state index contributed by atoms with van der Waals surface area (Å²) in [6.45, 7) is 12.2. The summed E-state index contributed by atoms with van der Waals surface area (Å²) in [4.78, 5) is 64.9. The second kappa shape index (κ2) is 46.5. The molecule has 35 nitrogen and oxygen atoms in total. The van der Waals surface area contributed by atoms with Crippen LogP contribution in [0.5, 0.6) is 0 Å². The van der Waals surface area contributed by atoms with Crippen molar-refractivity contribution in [1.29, 1.82) is 26.3 Å². The normalized spacial score (nSPS) is 18.0. The van der Waals surface area contributed by atoms with Gasteiger partial charge in [0.2, 0.25) is 50.1 Å². The number of aliphatic hydroxyl groups is 5. The number of rotatable bonds is 20. The number of ketones is 5. The molecule has 15 rings (SSSR count). The highest BCUT2D eigenvalue weighted by atomic mass is 32.2. The second-order valence-corrected chi connectivity index (χ2v) is 43.1. The number of fused-ring (bicyclic) bond motifs is 5. The number of hydrogen-bond acceptors (Lipinski definition) is 25. The number of hydrogen-bond donors (Lipinski definition) is 10. The molecular weight excluding hydrogens is 1980 g/mol. The molecule has 0 fully saturated rings. The van der Waals surface area contributed by atoms with E-state index >= 15 is 0 Å². The van der Waals surface area contributed by atoms with Crippen LogP contribution < -0.4 is 23.6 Å². The molecule has 6 unspecified atom stereocenters. The number of aromatic nitrogens is 5. The van der Waals surface area contributed by atoms with Gasteiger partial charge in [-0.05, 0) is 134 Å². The topological polar surface area (TPSA) is 561 Å². The zero-order valence-electron chi connectivity index (χ0n) is 81.2. The van der Waals surface area contributed by atoms with E-state index in [1.165, 1.54) is 115 Å². The van der Waals surface area contributed by atoms with Gasteiger partial charge in [-0.15, -0.1) is 31.1 Å². The Hall–Kier alpha value is -15.9. The fraction of sp³-hybridized carbons (Fsp3) is 0.252. The van der Waals surface area contributed by atoms with Crippen molar-refractivity contribution in [1.82, 2.24) is 46.4 Å². The van der Waals surface area contributed by atoms with E-state index in [4.69, 9.17) is 19.3 Å². The van der Waals surface area contributed by atoms with Crippen LogP contribution in [0.3, 0.4) is 0 Å². The van der Waals surface area contributed by atoms with E-state index < -0.39 is 111 Å². The summed E-state index contributed by atoms with van der Waals surface area (Å²) >= 11 is 0. The number of sulfonamides is 5. The monoisotopic (exact) mass is 2070 g/mol. The lowest BCUT2D eigenvalue weighted by molar-refractivity contribution is 0.0976. The van der Waals surface area contributed by atoms with E-state index in [9.17, 15) is 118 Å². The zero-order valence-corrected chi connectivity index (χ0v) is 85.3. The lowest BCUT2D eigenvalue weighted by Gasteiger charge is -2.15. The van der Waals surface area contributed by atoms with Crippen LogP contribution in [-0.4, -0.2) is 180 Å². The van der Waals surface area contributed by atoms with Crippen LogP contribution in [-0.2, 0) is 117 Å². The molecule has 0 saturated heterocycles. The Labute approximate surface area is 852 Å². The maximum Gasteiger partial charge on any atom is 0.243 e. The molecule has 752 valence electrons. The van der Waals surface area contributed by atoms with Crippen LogP contribution in [0.25, 0.3) is 30.4 Å². The van der Waals surface area contributed by atoms with Crippen LogP contribution in [0.2, 0.25) is 0 Å². The number of aliphatic hydroxyl groups excluding tert-OH is 5. The number of aryl methyl sites for hydroxylation is 10. The predicted molar refractivity (Wildman–Crippen MR) is 546 cm³/mol. The number of nitrogens with one attached hydrogen (secondary N) is 5. The first-order valence-electron chi connectivity index (χ1n) is 44.6. The van der Waals surface area contributed by atoms with Crippen molar-refractivity contribution < 1.29 is 91.6 Å². The molecule has 147 heavy (non-hydrogen) atoms. The van der Waals surface area contributed by atoms with Crippen LogP contribution in [0.4, 0.5) is 0 Å². The second-order valence-electron chi connectivity index (χ2n) is 34.7. The molecule has 0 amide bonds. The lowest BCUT2D eigenvalue weighted by atomic mass is 10.00. The molecule has 40 heteroatoms. The highest BCUT2D eigenvalue weighted by molar-refractivity contribution is 7.90. The molecule has 0 spiro atoms. The molecule has 10 N–H and O–H groups in total. The first-order valence-corrected chi connectivity index (χ1v) is 52.1. The van der Waals surface area contributed by atoms with Gasteiger partial charge in [-0.1, -0.05) is 151 Å². The first-order chi connectivity index (χ1) is 69.4. The Morgan fingerprint density at radius 2 is 0.469 bits per heavy atom. The summed E-state index contributed by atoms with van der Waals surface area (Å²) in [6, 6.07) is 31.6. The average Bonchev–Trinajstić information content (AvgIpc) is 1.63. The van der Waals surface area contributed by atoms with Gasteiger partial charge < -0.3 is 48.4 Å². The van der Waals surface area contributed by atoms with E-state index in [-0.39, 0.29) is 142 Å². The smallest absolute Gasteiger partial charge is 0.243 e. The number of terminal acetylenes is 3. The van der Waals surface area contributed by atoms with Gasteiger partial charge in [-0.3, -0.25) is 24.0 Å². The quantitative estimate of drug-likeness (QED) is 0.0265. The minimum atomic E-state index is -3.99. The van der Waals surface area contributed by atoms with E-state index in [1.54, 1.807) is 140 Å². The minimum Gasteiger partial charge on any atom is -0.378 e. The van der Waals surface area contributed by atoms with Crippen molar-refractivity contribution in [2.45, 2.75) is 166 Å². The summed E-state index contributed by atoms with van der Waals surface area (Å²) < 4.78 is 147. The largest absolute Gasteiger partial charge is 0.378 e. The molecule has 5 aliphatic heterocycles. The fourth-order valence-corrected chi connectivity index (χ4v) is 23.8. The maximum atomic E-state index is 13.1. The molecule has 5 aromatic heterocycles. The van der Waals surface area contributed by atoms with Crippen molar-refractivity contribution >= 4 is 109 Å². The van der Waals surface area contributed by atoms with E-state index in [1.807, 2.05) is 34.6 Å². The van der Waals surface area contributed by atoms with Crippen LogP contribution in [0, 0.1) is 152 Å². The van der Waals surface area contributed by atoms with Crippen molar-refractivity contribution in [3.05, 3.63) is 292 Å². The maximum absolute atomic E-state index is 13.1. The van der Waals surface area contributed by atoms with E-state index in [0.717, 1.165) is 27.8 Å². The third-order valence-corrected chi connectivity index (χ3v) is 31.7. The van der Waals surface area contributed by atoms with E-state index in [2.05, 4.69) is 95.4 Å². The molecule has 0 radical (unpaired) electrons. The van der Waals surface area contributed by atoms with Gasteiger partial charge in [0.1, 0.15) is 55.0 Å². The molecule has 10 heterocycles. The highest BCUT2D eigenvalue weighted by Crippen LogP contribution is 2.36. The highest BCUT2D eigenvalue weighted by Gasteiger charge is 2.40. The number of nitrogens with zero attached hydrogens (tertiary/aromatic N) is 10. The Morgan fingerprint density at radius 1 is 0.306 bits per heavy atom. The molecule has 10 aromatic rings. The first kappa shape index (κ1) is 112. The molecule has 10 atom stereocenters. The van der Waals surface area contributed by atoms with Crippen molar-refractivity contribution in [2.24, 2.45) is 35.2 Å². The van der Waals surface area contributed by atoms with Gasteiger partial charge in [0.15, 0.2) is 28.9 Å². The molecule has 0 bridgehead atoms. The third kappa shape index (κ3) is 25.2. The van der Waals surface area contributed by atoms with Crippen molar-refractivity contribution in [3.63, 3.8) is 0 Å². The minimum absolute atomic E-state index is 0.0109. The Balaban J connectivity index is 0.000000175. The van der Waals surface area contributed by atoms with Gasteiger partial charge in [-0.25, -0.2) is 65.7 Å². The predicted octanol–water partition coefficient (Wildman–Crippen LogP) is 7.27. The van der Waals surface area contributed by atoms with Crippen LogP contribution in [0.1, 0.15) is 178 Å². The van der Waals surface area contributed by atoms with Gasteiger partial charge in [0, 0.05) is 126 Å². The zero-order chi connectivity index (χ0) is 108. The van der Waals surface area contributed by atoms with Gasteiger partial charge in [0.25, 0.3) is 0 Å². The summed E-state index contributed by atoms with van der Waals surface area (Å²) in [5.74, 6) is 15.0. The summed E-state index contributed by atoms with van der Waals surface area (Å²) in [6.07, 6.45) is 30.9. The number of nitriles is 5. The van der Waals surface area contributed by atoms with E-state index in [0.29, 0.717) is 55.6 Å². The number of carbonyl (C=O) groups excluding carboxylic acids is 5. The van der Waals surface area contributed by atoms with Gasteiger partial charge >= 0.3 is 0 Å². The van der Waals surface area contributed by atoms with Gasteiger partial charge in [0.05, 0.1) is 117 Å². The Kier molecular flexibility index (Phi) is 35.2.